The molecular weight excluding hydrogens is 411 g/mol. The summed E-state index contributed by atoms with van der Waals surface area (Å²) in [7, 11) is 1.55. The summed E-state index contributed by atoms with van der Waals surface area (Å²) in [5, 5.41) is 18.1. The van der Waals surface area contributed by atoms with E-state index in [1.807, 2.05) is 0 Å². The molecule has 7 nitrogen and oxygen atoms in total. The Morgan fingerprint density at radius 3 is 2.71 bits per heavy atom. The van der Waals surface area contributed by atoms with Crippen LogP contribution in [0.5, 0.6) is 0 Å². The van der Waals surface area contributed by atoms with Crippen LogP contribution in [0.2, 0.25) is 0 Å². The Morgan fingerprint density at radius 2 is 1.97 bits per heavy atom. The maximum atomic E-state index is 13.0. The minimum absolute atomic E-state index is 0.0985. The number of aryl methyl sites for hydroxylation is 2. The Labute approximate surface area is 174 Å². The third kappa shape index (κ3) is 3.13. The maximum absolute atomic E-state index is 13.0. The second kappa shape index (κ2) is 6.79. The van der Waals surface area contributed by atoms with E-state index >= 15 is 0 Å². The third-order valence-corrected chi connectivity index (χ3v) is 5.93. The number of imidazole rings is 1. The first-order valence-corrected chi connectivity index (χ1v) is 9.86. The molecule has 0 radical (unpaired) electrons. The Hall–Kier alpha value is -3.43. The number of aromatic nitrogens is 2. The second-order valence-electron chi connectivity index (χ2n) is 7.77. The summed E-state index contributed by atoms with van der Waals surface area (Å²) in [6, 6.07) is 5.02. The molecule has 0 unspecified atom stereocenters. The van der Waals surface area contributed by atoms with Gasteiger partial charge in [0.05, 0.1) is 22.2 Å². The normalized spacial score (nSPS) is 15.8. The highest BCUT2D eigenvalue weighted by atomic mass is 19.4. The number of alkyl halides is 3. The highest BCUT2D eigenvalue weighted by Gasteiger charge is 2.32. The topological polar surface area (TPSA) is 83.1 Å². The van der Waals surface area contributed by atoms with Crippen LogP contribution in [0.15, 0.2) is 34.5 Å². The van der Waals surface area contributed by atoms with E-state index in [1.54, 1.807) is 13.1 Å². The van der Waals surface area contributed by atoms with Gasteiger partial charge in [-0.1, -0.05) is 0 Å². The van der Waals surface area contributed by atoms with Crippen LogP contribution in [0.1, 0.15) is 33.5 Å². The van der Waals surface area contributed by atoms with Gasteiger partial charge >= 0.3 is 12.1 Å². The van der Waals surface area contributed by atoms with Crippen molar-refractivity contribution in [2.75, 3.05) is 18.0 Å². The van der Waals surface area contributed by atoms with Crippen molar-refractivity contribution in [2.24, 2.45) is 17.3 Å². The summed E-state index contributed by atoms with van der Waals surface area (Å²) >= 11 is 0. The van der Waals surface area contributed by atoms with E-state index in [2.05, 4.69) is 20.1 Å². The molecule has 2 aliphatic heterocycles. The van der Waals surface area contributed by atoms with Gasteiger partial charge in [0, 0.05) is 25.8 Å². The first-order valence-electron chi connectivity index (χ1n) is 9.86. The number of hydrogen-bond donors (Lipinski definition) is 1. The van der Waals surface area contributed by atoms with Gasteiger partial charge in [-0.3, -0.25) is 0 Å². The summed E-state index contributed by atoms with van der Waals surface area (Å²) in [5.41, 5.74) is 3.05. The average molecular weight is 429 g/mol. The highest BCUT2D eigenvalue weighted by molar-refractivity contribution is 5.98. The molecule has 0 saturated carbocycles. The molecule has 2 aromatic carbocycles. The Balaban J connectivity index is 1.59. The van der Waals surface area contributed by atoms with Gasteiger partial charge in [0.15, 0.2) is 0 Å². The summed E-state index contributed by atoms with van der Waals surface area (Å²) in [4.78, 5) is 18.5. The van der Waals surface area contributed by atoms with Crippen LogP contribution in [0.4, 0.5) is 30.5 Å². The van der Waals surface area contributed by atoms with Crippen LogP contribution in [-0.4, -0.2) is 33.7 Å². The molecule has 3 heterocycles. The average Bonchev–Trinajstić information content (AvgIpc) is 3.28. The fourth-order valence-corrected chi connectivity index (χ4v) is 4.50. The van der Waals surface area contributed by atoms with Crippen LogP contribution in [0.3, 0.4) is 0 Å². The van der Waals surface area contributed by atoms with Crippen molar-refractivity contribution < 1.29 is 23.1 Å². The fraction of sp³-hybridized carbons (Fsp3) is 0.333. The van der Waals surface area contributed by atoms with Crippen molar-refractivity contribution in [1.29, 1.82) is 0 Å². The lowest BCUT2D eigenvalue weighted by Crippen LogP contribution is -2.26. The summed E-state index contributed by atoms with van der Waals surface area (Å²) in [6.07, 6.45) is -1.99. The number of halogens is 3. The maximum Gasteiger partial charge on any atom is 0.416 e. The number of carboxylic acid groups (broad SMARTS) is 1. The Kier molecular flexibility index (Phi) is 4.28. The molecule has 160 valence electrons. The molecule has 5 rings (SSSR count). The van der Waals surface area contributed by atoms with Crippen molar-refractivity contribution in [3.8, 4) is 0 Å². The summed E-state index contributed by atoms with van der Waals surface area (Å²) in [6.45, 7) is 1.70. The van der Waals surface area contributed by atoms with Crippen molar-refractivity contribution >= 4 is 34.3 Å². The monoisotopic (exact) mass is 429 g/mol. The number of hydrogen-bond acceptors (Lipinski definition) is 5. The predicted molar refractivity (Wildman–Crippen MR) is 108 cm³/mol. The molecule has 0 amide bonds. The summed E-state index contributed by atoms with van der Waals surface area (Å²) in [5.74, 6) is -0.972. The lowest BCUT2D eigenvalue weighted by molar-refractivity contribution is -0.137. The van der Waals surface area contributed by atoms with Gasteiger partial charge in [-0.25, -0.2) is 9.78 Å². The molecule has 0 fully saturated rings. The number of aromatic carboxylic acids is 1. The van der Waals surface area contributed by atoms with Gasteiger partial charge < -0.3 is 14.6 Å². The number of anilines is 1. The largest absolute Gasteiger partial charge is 0.478 e. The number of carboxylic acids is 1. The van der Waals surface area contributed by atoms with E-state index in [-0.39, 0.29) is 22.7 Å². The van der Waals surface area contributed by atoms with E-state index in [0.717, 1.165) is 54.9 Å². The van der Waals surface area contributed by atoms with Gasteiger partial charge in [-0.15, -0.1) is 10.2 Å². The molecule has 10 heteroatoms. The molecular formula is C21H18F3N5O2. The number of benzene rings is 2. The molecule has 0 aliphatic carbocycles. The Morgan fingerprint density at radius 1 is 1.16 bits per heavy atom. The standard InChI is InChI=1S/C21H18F3N5O2/c1-28-16-10-12(21(22,23)24)4-5-14(16)25-20(28)27-26-15-9-11-3-2-7-29-8-6-13(18(11)29)17(15)19(30)31/h4-5,9-10H,2-3,6-8H2,1H3,(H,30,31). The predicted octanol–water partition coefficient (Wildman–Crippen LogP) is 5.01. The smallest absolute Gasteiger partial charge is 0.416 e. The Bertz CT molecular complexity index is 1260. The summed E-state index contributed by atoms with van der Waals surface area (Å²) < 4.78 is 40.5. The number of azo groups is 1. The van der Waals surface area contributed by atoms with Gasteiger partial charge in [0.25, 0.3) is 0 Å². The molecule has 31 heavy (non-hydrogen) atoms. The first kappa shape index (κ1) is 19.5. The highest BCUT2D eigenvalue weighted by Crippen LogP contribution is 2.42. The SMILES string of the molecule is Cn1c(N=Nc2cc3c4c(c2C(=O)O)CCN4CCC3)nc2ccc(C(F)(F)F)cc21. The van der Waals surface area contributed by atoms with Crippen molar-refractivity contribution in [3.63, 3.8) is 0 Å². The van der Waals surface area contributed by atoms with E-state index in [9.17, 15) is 23.1 Å². The molecule has 0 bridgehead atoms. The quantitative estimate of drug-likeness (QED) is 0.593. The molecule has 1 aromatic heterocycles. The third-order valence-electron chi connectivity index (χ3n) is 5.93. The zero-order valence-corrected chi connectivity index (χ0v) is 16.6. The first-order chi connectivity index (χ1) is 14.7. The van der Waals surface area contributed by atoms with Crippen LogP contribution in [0.25, 0.3) is 11.0 Å². The van der Waals surface area contributed by atoms with E-state index in [4.69, 9.17) is 0 Å². The van der Waals surface area contributed by atoms with E-state index < -0.39 is 17.7 Å². The van der Waals surface area contributed by atoms with E-state index in [1.165, 1.54) is 10.6 Å². The lowest BCUT2D eigenvalue weighted by atomic mass is 9.94. The van der Waals surface area contributed by atoms with Crippen LogP contribution in [-0.2, 0) is 26.1 Å². The second-order valence-corrected chi connectivity index (χ2v) is 7.77. The van der Waals surface area contributed by atoms with Gasteiger partial charge in [0.2, 0.25) is 5.95 Å². The molecule has 0 saturated heterocycles. The van der Waals surface area contributed by atoms with E-state index in [0.29, 0.717) is 11.9 Å². The molecule has 2 aliphatic rings. The van der Waals surface area contributed by atoms with Gasteiger partial charge in [-0.2, -0.15) is 13.2 Å². The van der Waals surface area contributed by atoms with Crippen molar-refractivity contribution in [2.45, 2.75) is 25.4 Å². The molecule has 0 atom stereocenters. The number of nitrogens with zero attached hydrogens (tertiary/aromatic N) is 5. The molecule has 1 N–H and O–H groups in total. The lowest BCUT2D eigenvalue weighted by Gasteiger charge is -2.27. The number of fused-ring (bicyclic) bond motifs is 1. The molecule has 3 aromatic rings. The van der Waals surface area contributed by atoms with Crippen LogP contribution in [0, 0.1) is 0 Å². The number of rotatable bonds is 3. The van der Waals surface area contributed by atoms with Gasteiger partial charge in [-0.05, 0) is 54.7 Å². The van der Waals surface area contributed by atoms with Crippen molar-refractivity contribution in [3.05, 3.63) is 46.5 Å². The minimum atomic E-state index is -4.46. The minimum Gasteiger partial charge on any atom is -0.478 e. The zero-order valence-electron chi connectivity index (χ0n) is 16.6. The molecule has 0 spiro atoms. The van der Waals surface area contributed by atoms with Crippen molar-refractivity contribution in [1.82, 2.24) is 9.55 Å². The van der Waals surface area contributed by atoms with Crippen LogP contribution >= 0.6 is 0 Å². The zero-order chi connectivity index (χ0) is 21.9. The number of carbonyl (C=O) groups is 1. The fourth-order valence-electron chi connectivity index (χ4n) is 4.50. The van der Waals surface area contributed by atoms with Crippen LogP contribution < -0.4 is 4.90 Å². The van der Waals surface area contributed by atoms with Gasteiger partial charge in [0.1, 0.15) is 5.69 Å².